The van der Waals surface area contributed by atoms with Crippen LogP contribution in [-0.2, 0) is 6.54 Å². The second-order valence-electron chi connectivity index (χ2n) is 4.66. The van der Waals surface area contributed by atoms with Crippen molar-refractivity contribution in [2.45, 2.75) is 6.54 Å². The molecule has 0 unspecified atom stereocenters. The highest BCUT2D eigenvalue weighted by molar-refractivity contribution is 7.10. The van der Waals surface area contributed by atoms with Crippen LogP contribution in [0, 0.1) is 11.3 Å². The molecule has 1 aromatic carbocycles. The van der Waals surface area contributed by atoms with E-state index in [4.69, 9.17) is 16.9 Å². The molecule has 0 fully saturated rings. The number of carbonyl (C=O) groups is 1. The maximum absolute atomic E-state index is 11.9. The summed E-state index contributed by atoms with van der Waals surface area (Å²) in [4.78, 5) is 14.5. The molecule has 0 radical (unpaired) electrons. The Balaban J connectivity index is 2.14. The predicted molar refractivity (Wildman–Crippen MR) is 85.8 cm³/mol. The molecule has 0 saturated heterocycles. The van der Waals surface area contributed by atoms with Crippen LogP contribution in [0.15, 0.2) is 29.6 Å². The summed E-state index contributed by atoms with van der Waals surface area (Å²) < 4.78 is 0. The molecule has 1 N–H and O–H groups in total. The van der Waals surface area contributed by atoms with Crippen molar-refractivity contribution in [2.75, 3.05) is 19.4 Å². The Morgan fingerprint density at radius 3 is 2.81 bits per heavy atom. The van der Waals surface area contributed by atoms with E-state index in [0.717, 1.165) is 4.88 Å². The van der Waals surface area contributed by atoms with Gasteiger partial charge in [-0.25, -0.2) is 0 Å². The SMILES string of the molecule is CN(C)C(=O)c1ccc(Cl)c(NCc2cc(C#N)cs2)c1. The number of carbonyl (C=O) groups excluding carboxylic acids is 1. The number of benzene rings is 1. The lowest BCUT2D eigenvalue weighted by molar-refractivity contribution is 0.0827. The van der Waals surface area contributed by atoms with Gasteiger partial charge in [0.1, 0.15) is 6.07 Å². The van der Waals surface area contributed by atoms with Gasteiger partial charge in [-0.15, -0.1) is 11.3 Å². The molecule has 0 atom stereocenters. The summed E-state index contributed by atoms with van der Waals surface area (Å²) in [6.45, 7) is 0.561. The third-order valence-corrected chi connectivity index (χ3v) is 4.12. The summed E-state index contributed by atoms with van der Waals surface area (Å²) in [5.41, 5.74) is 1.94. The molecule has 1 aromatic heterocycles. The van der Waals surface area contributed by atoms with Crippen molar-refractivity contribution in [3.05, 3.63) is 50.7 Å². The van der Waals surface area contributed by atoms with E-state index in [1.165, 1.54) is 16.2 Å². The topological polar surface area (TPSA) is 56.1 Å². The van der Waals surface area contributed by atoms with Gasteiger partial charge in [-0.05, 0) is 24.3 Å². The molecular formula is C15H14ClN3OS. The van der Waals surface area contributed by atoms with Crippen LogP contribution in [0.2, 0.25) is 5.02 Å². The molecule has 21 heavy (non-hydrogen) atoms. The Bertz CT molecular complexity index is 703. The summed E-state index contributed by atoms with van der Waals surface area (Å²) >= 11 is 7.65. The normalized spacial score (nSPS) is 10.0. The number of rotatable bonds is 4. The van der Waals surface area contributed by atoms with Crippen LogP contribution >= 0.6 is 22.9 Å². The third kappa shape index (κ3) is 3.75. The molecular weight excluding hydrogens is 306 g/mol. The van der Waals surface area contributed by atoms with Gasteiger partial charge in [0.05, 0.1) is 16.3 Å². The van der Waals surface area contributed by atoms with Gasteiger partial charge in [0, 0.05) is 36.5 Å². The number of nitrogens with zero attached hydrogens (tertiary/aromatic N) is 2. The highest BCUT2D eigenvalue weighted by Crippen LogP contribution is 2.25. The molecule has 0 saturated carbocycles. The number of anilines is 1. The Labute approximate surface area is 132 Å². The first-order chi connectivity index (χ1) is 10.0. The van der Waals surface area contributed by atoms with Crippen LogP contribution in [-0.4, -0.2) is 24.9 Å². The van der Waals surface area contributed by atoms with Gasteiger partial charge in [0.15, 0.2) is 0 Å². The van der Waals surface area contributed by atoms with Crippen molar-refractivity contribution in [1.29, 1.82) is 5.26 Å². The van der Waals surface area contributed by atoms with E-state index in [0.29, 0.717) is 28.4 Å². The molecule has 108 valence electrons. The minimum Gasteiger partial charge on any atom is -0.379 e. The molecule has 0 spiro atoms. The third-order valence-electron chi connectivity index (χ3n) is 2.86. The Hall–Kier alpha value is -2.03. The molecule has 2 rings (SSSR count). The molecule has 1 heterocycles. The average molecular weight is 320 g/mol. The molecule has 0 aliphatic carbocycles. The number of nitrogens with one attached hydrogen (secondary N) is 1. The minimum atomic E-state index is -0.0717. The van der Waals surface area contributed by atoms with E-state index in [1.807, 2.05) is 11.4 Å². The fourth-order valence-corrected chi connectivity index (χ4v) is 2.70. The van der Waals surface area contributed by atoms with Crippen LogP contribution in [0.25, 0.3) is 0 Å². The van der Waals surface area contributed by atoms with Gasteiger partial charge in [0.25, 0.3) is 5.91 Å². The second kappa shape index (κ2) is 6.61. The molecule has 2 aromatic rings. The smallest absolute Gasteiger partial charge is 0.253 e. The summed E-state index contributed by atoms with van der Waals surface area (Å²) in [6.07, 6.45) is 0. The molecule has 0 bridgehead atoms. The Morgan fingerprint density at radius 1 is 1.43 bits per heavy atom. The first-order valence-corrected chi connectivity index (χ1v) is 7.49. The fraction of sp³-hybridized carbons (Fsp3) is 0.200. The number of thiophene rings is 1. The van der Waals surface area contributed by atoms with Crippen LogP contribution in [0.5, 0.6) is 0 Å². The zero-order chi connectivity index (χ0) is 15.4. The van der Waals surface area contributed by atoms with E-state index in [-0.39, 0.29) is 5.91 Å². The monoisotopic (exact) mass is 319 g/mol. The number of hydrogen-bond donors (Lipinski definition) is 1. The average Bonchev–Trinajstić information content (AvgIpc) is 2.93. The van der Waals surface area contributed by atoms with Gasteiger partial charge in [-0.2, -0.15) is 5.26 Å². The van der Waals surface area contributed by atoms with E-state index >= 15 is 0 Å². The molecule has 6 heteroatoms. The zero-order valence-corrected chi connectivity index (χ0v) is 13.3. The largest absolute Gasteiger partial charge is 0.379 e. The standard InChI is InChI=1S/C15H14ClN3OS/c1-19(2)15(20)11-3-4-13(16)14(6-11)18-8-12-5-10(7-17)9-21-12/h3-6,9,18H,8H2,1-2H3. The molecule has 1 amide bonds. The number of nitriles is 1. The number of hydrogen-bond acceptors (Lipinski definition) is 4. The van der Waals surface area contributed by atoms with Crippen LogP contribution in [0.4, 0.5) is 5.69 Å². The zero-order valence-electron chi connectivity index (χ0n) is 11.7. The molecule has 0 aliphatic rings. The van der Waals surface area contributed by atoms with Gasteiger partial charge in [0.2, 0.25) is 0 Å². The van der Waals surface area contributed by atoms with Crippen molar-refractivity contribution in [1.82, 2.24) is 4.90 Å². The van der Waals surface area contributed by atoms with Crippen molar-refractivity contribution in [3.8, 4) is 6.07 Å². The van der Waals surface area contributed by atoms with Gasteiger partial charge in [-0.1, -0.05) is 11.6 Å². The van der Waals surface area contributed by atoms with Crippen molar-refractivity contribution in [3.63, 3.8) is 0 Å². The summed E-state index contributed by atoms with van der Waals surface area (Å²) in [7, 11) is 3.41. The second-order valence-corrected chi connectivity index (χ2v) is 6.06. The predicted octanol–water partition coefficient (Wildman–Crippen LogP) is 3.59. The summed E-state index contributed by atoms with van der Waals surface area (Å²) in [5.74, 6) is -0.0717. The maximum Gasteiger partial charge on any atom is 0.253 e. The lowest BCUT2D eigenvalue weighted by atomic mass is 10.1. The van der Waals surface area contributed by atoms with E-state index in [9.17, 15) is 4.79 Å². The van der Waals surface area contributed by atoms with Gasteiger partial charge >= 0.3 is 0 Å². The maximum atomic E-state index is 11.9. The molecule has 4 nitrogen and oxygen atoms in total. The van der Waals surface area contributed by atoms with Crippen LogP contribution in [0.1, 0.15) is 20.8 Å². The van der Waals surface area contributed by atoms with Gasteiger partial charge < -0.3 is 10.2 Å². The Kier molecular flexibility index (Phi) is 4.84. The van der Waals surface area contributed by atoms with Crippen molar-refractivity contribution in [2.24, 2.45) is 0 Å². The van der Waals surface area contributed by atoms with Crippen molar-refractivity contribution >= 4 is 34.5 Å². The number of amides is 1. The van der Waals surface area contributed by atoms with E-state index in [1.54, 1.807) is 32.3 Å². The van der Waals surface area contributed by atoms with Crippen LogP contribution < -0.4 is 5.32 Å². The highest BCUT2D eigenvalue weighted by Gasteiger charge is 2.10. The highest BCUT2D eigenvalue weighted by atomic mass is 35.5. The Morgan fingerprint density at radius 2 is 2.19 bits per heavy atom. The van der Waals surface area contributed by atoms with E-state index in [2.05, 4.69) is 11.4 Å². The minimum absolute atomic E-state index is 0.0717. The van der Waals surface area contributed by atoms with Crippen LogP contribution in [0.3, 0.4) is 0 Å². The summed E-state index contributed by atoms with van der Waals surface area (Å²) in [5, 5.41) is 14.4. The molecule has 0 aliphatic heterocycles. The van der Waals surface area contributed by atoms with Crippen molar-refractivity contribution < 1.29 is 4.79 Å². The summed E-state index contributed by atoms with van der Waals surface area (Å²) in [6, 6.07) is 9.08. The quantitative estimate of drug-likeness (QED) is 0.937. The lowest BCUT2D eigenvalue weighted by Crippen LogP contribution is -2.21. The fourth-order valence-electron chi connectivity index (χ4n) is 1.77. The van der Waals surface area contributed by atoms with Gasteiger partial charge in [-0.3, -0.25) is 4.79 Å². The number of halogens is 1. The van der Waals surface area contributed by atoms with E-state index < -0.39 is 0 Å². The lowest BCUT2D eigenvalue weighted by Gasteiger charge is -2.13. The first kappa shape index (κ1) is 15.4. The first-order valence-electron chi connectivity index (χ1n) is 6.24.